The van der Waals surface area contributed by atoms with Crippen molar-refractivity contribution in [2.24, 2.45) is 0 Å². The molecule has 0 saturated heterocycles. The summed E-state index contributed by atoms with van der Waals surface area (Å²) < 4.78 is 9.71. The summed E-state index contributed by atoms with van der Waals surface area (Å²) in [6.07, 6.45) is 1.73. The first-order valence-electron chi connectivity index (χ1n) is 9.98. The Bertz CT molecular complexity index is 1300. The van der Waals surface area contributed by atoms with Crippen molar-refractivity contribution in [1.82, 2.24) is 0 Å². The molecular formula is C26H21NO5. The Hall–Kier alpha value is -4.19. The van der Waals surface area contributed by atoms with E-state index < -0.39 is 11.9 Å². The summed E-state index contributed by atoms with van der Waals surface area (Å²) >= 11 is 0. The van der Waals surface area contributed by atoms with Crippen LogP contribution < -0.4 is 4.90 Å². The Morgan fingerprint density at radius 3 is 2.19 bits per heavy atom. The van der Waals surface area contributed by atoms with E-state index in [2.05, 4.69) is 0 Å². The van der Waals surface area contributed by atoms with Crippen LogP contribution in [0.1, 0.15) is 22.8 Å². The zero-order valence-electron chi connectivity index (χ0n) is 17.9. The number of rotatable bonds is 4. The SMILES string of the molecule is COC(=O)C1=C(C)N(c2ccc(C(=O)OC)cc2)C(=O)/C1=C\c1cccc2ccccc12. The molecule has 0 aliphatic carbocycles. The topological polar surface area (TPSA) is 72.9 Å². The number of ether oxygens (including phenoxy) is 2. The minimum atomic E-state index is -0.587. The number of fused-ring (bicyclic) bond motifs is 1. The molecule has 1 heterocycles. The molecule has 0 fully saturated rings. The maximum absolute atomic E-state index is 13.5. The van der Waals surface area contributed by atoms with E-state index >= 15 is 0 Å². The Labute approximate surface area is 185 Å². The van der Waals surface area contributed by atoms with Gasteiger partial charge in [-0.15, -0.1) is 0 Å². The summed E-state index contributed by atoms with van der Waals surface area (Å²) in [7, 11) is 2.59. The quantitative estimate of drug-likeness (QED) is 0.453. The number of amides is 1. The van der Waals surface area contributed by atoms with Crippen LogP contribution in [-0.2, 0) is 19.1 Å². The largest absolute Gasteiger partial charge is 0.465 e. The summed E-state index contributed by atoms with van der Waals surface area (Å²) in [4.78, 5) is 39.3. The highest BCUT2D eigenvalue weighted by Crippen LogP contribution is 2.36. The number of allylic oxidation sites excluding steroid dienone is 1. The van der Waals surface area contributed by atoms with Crippen molar-refractivity contribution in [3.63, 3.8) is 0 Å². The van der Waals surface area contributed by atoms with Crippen molar-refractivity contribution in [3.05, 3.63) is 94.7 Å². The second kappa shape index (κ2) is 8.51. The molecule has 0 atom stereocenters. The van der Waals surface area contributed by atoms with Crippen LogP contribution in [-0.4, -0.2) is 32.1 Å². The molecular weight excluding hydrogens is 406 g/mol. The minimum absolute atomic E-state index is 0.211. The molecule has 0 N–H and O–H groups in total. The lowest BCUT2D eigenvalue weighted by molar-refractivity contribution is -0.136. The van der Waals surface area contributed by atoms with E-state index in [0.717, 1.165) is 16.3 Å². The van der Waals surface area contributed by atoms with Gasteiger partial charge in [0.2, 0.25) is 0 Å². The molecule has 0 bridgehead atoms. The first-order chi connectivity index (χ1) is 15.5. The summed E-state index contributed by atoms with van der Waals surface area (Å²) in [5.41, 5.74) is 2.64. The average molecular weight is 427 g/mol. The maximum Gasteiger partial charge on any atom is 0.340 e. The predicted octanol–water partition coefficient (Wildman–Crippen LogP) is 4.50. The Morgan fingerprint density at radius 1 is 0.844 bits per heavy atom. The van der Waals surface area contributed by atoms with E-state index in [4.69, 9.17) is 9.47 Å². The van der Waals surface area contributed by atoms with Gasteiger partial charge >= 0.3 is 11.9 Å². The fourth-order valence-electron chi connectivity index (χ4n) is 3.89. The summed E-state index contributed by atoms with van der Waals surface area (Å²) in [5.74, 6) is -1.40. The van der Waals surface area contributed by atoms with Crippen molar-refractivity contribution in [1.29, 1.82) is 0 Å². The number of anilines is 1. The third kappa shape index (κ3) is 3.56. The first-order valence-corrected chi connectivity index (χ1v) is 9.98. The molecule has 0 saturated carbocycles. The van der Waals surface area contributed by atoms with E-state index in [-0.39, 0.29) is 17.1 Å². The van der Waals surface area contributed by atoms with Crippen molar-refractivity contribution in [3.8, 4) is 0 Å². The van der Waals surface area contributed by atoms with Crippen LogP contribution in [0.2, 0.25) is 0 Å². The molecule has 6 heteroatoms. The predicted molar refractivity (Wildman–Crippen MR) is 122 cm³/mol. The molecule has 3 aromatic rings. The second-order valence-corrected chi connectivity index (χ2v) is 7.26. The molecule has 6 nitrogen and oxygen atoms in total. The van der Waals surface area contributed by atoms with E-state index in [0.29, 0.717) is 16.9 Å². The van der Waals surface area contributed by atoms with Crippen LogP contribution in [0.5, 0.6) is 0 Å². The van der Waals surface area contributed by atoms with Gasteiger partial charge in [-0.05, 0) is 53.6 Å². The van der Waals surface area contributed by atoms with Crippen LogP contribution in [0.25, 0.3) is 16.8 Å². The van der Waals surface area contributed by atoms with Gasteiger partial charge in [0.15, 0.2) is 0 Å². The molecule has 1 aliphatic heterocycles. The lowest BCUT2D eigenvalue weighted by Gasteiger charge is -2.18. The third-order valence-electron chi connectivity index (χ3n) is 5.46. The van der Waals surface area contributed by atoms with Gasteiger partial charge in [-0.25, -0.2) is 9.59 Å². The highest BCUT2D eigenvalue weighted by Gasteiger charge is 2.38. The standard InChI is InChI=1S/C26H21NO5/c1-16-23(26(30)32-3)22(15-19-9-6-8-17-7-4-5-10-21(17)19)24(28)27(16)20-13-11-18(12-14-20)25(29)31-2/h4-15H,1-3H3/b22-15-. The van der Waals surface area contributed by atoms with Crippen LogP contribution in [0.4, 0.5) is 5.69 Å². The maximum atomic E-state index is 13.5. The van der Waals surface area contributed by atoms with Crippen molar-refractivity contribution in [2.75, 3.05) is 19.1 Å². The molecule has 1 aliphatic rings. The normalized spacial score (nSPS) is 14.9. The average Bonchev–Trinajstić information content (AvgIpc) is 3.07. The van der Waals surface area contributed by atoms with Gasteiger partial charge in [0.05, 0.1) is 30.9 Å². The van der Waals surface area contributed by atoms with E-state index in [1.807, 2.05) is 42.5 Å². The summed E-state index contributed by atoms with van der Waals surface area (Å²) in [6.45, 7) is 1.70. The highest BCUT2D eigenvalue weighted by atomic mass is 16.5. The Kier molecular flexibility index (Phi) is 5.60. The summed E-state index contributed by atoms with van der Waals surface area (Å²) in [5, 5.41) is 2.00. The van der Waals surface area contributed by atoms with Crippen LogP contribution in [0, 0.1) is 0 Å². The molecule has 1 amide bonds. The number of methoxy groups -OCH3 is 2. The van der Waals surface area contributed by atoms with Crippen molar-refractivity contribution in [2.45, 2.75) is 6.92 Å². The minimum Gasteiger partial charge on any atom is -0.465 e. The zero-order valence-corrected chi connectivity index (χ0v) is 17.9. The van der Waals surface area contributed by atoms with Crippen LogP contribution >= 0.6 is 0 Å². The lowest BCUT2D eigenvalue weighted by Crippen LogP contribution is -2.24. The smallest absolute Gasteiger partial charge is 0.340 e. The first kappa shape index (κ1) is 21.1. The molecule has 3 aromatic carbocycles. The van der Waals surface area contributed by atoms with Gasteiger partial charge in [0.1, 0.15) is 0 Å². The van der Waals surface area contributed by atoms with Gasteiger partial charge in [-0.2, -0.15) is 0 Å². The Morgan fingerprint density at radius 2 is 1.50 bits per heavy atom. The highest BCUT2D eigenvalue weighted by molar-refractivity contribution is 6.24. The van der Waals surface area contributed by atoms with Gasteiger partial charge in [-0.1, -0.05) is 42.5 Å². The number of carbonyl (C=O) groups is 3. The molecule has 160 valence electrons. The Balaban J connectivity index is 1.83. The monoisotopic (exact) mass is 427 g/mol. The third-order valence-corrected chi connectivity index (χ3v) is 5.46. The number of hydrogen-bond donors (Lipinski definition) is 0. The van der Waals surface area contributed by atoms with Crippen LogP contribution in [0.15, 0.2) is 83.6 Å². The molecule has 0 spiro atoms. The number of benzene rings is 3. The van der Waals surface area contributed by atoms with Gasteiger partial charge in [0, 0.05) is 11.4 Å². The van der Waals surface area contributed by atoms with E-state index in [9.17, 15) is 14.4 Å². The molecule has 0 aromatic heterocycles. The lowest BCUT2D eigenvalue weighted by atomic mass is 9.99. The number of nitrogens with zero attached hydrogens (tertiary/aromatic N) is 1. The number of hydrogen-bond acceptors (Lipinski definition) is 5. The van der Waals surface area contributed by atoms with Crippen molar-refractivity contribution < 1.29 is 23.9 Å². The molecule has 0 unspecified atom stereocenters. The van der Waals surface area contributed by atoms with Crippen LogP contribution in [0.3, 0.4) is 0 Å². The van der Waals surface area contributed by atoms with Gasteiger partial charge < -0.3 is 9.47 Å². The second-order valence-electron chi connectivity index (χ2n) is 7.26. The van der Waals surface area contributed by atoms with E-state index in [1.54, 1.807) is 37.3 Å². The van der Waals surface area contributed by atoms with Gasteiger partial charge in [0.25, 0.3) is 5.91 Å². The number of carbonyl (C=O) groups excluding carboxylic acids is 3. The van der Waals surface area contributed by atoms with E-state index in [1.165, 1.54) is 19.1 Å². The van der Waals surface area contributed by atoms with Gasteiger partial charge in [-0.3, -0.25) is 9.69 Å². The molecule has 0 radical (unpaired) electrons. The number of esters is 2. The fourth-order valence-corrected chi connectivity index (χ4v) is 3.89. The molecule has 4 rings (SSSR count). The van der Waals surface area contributed by atoms with Crippen molar-refractivity contribution >= 4 is 40.4 Å². The summed E-state index contributed by atoms with van der Waals surface area (Å²) in [6, 6.07) is 20.1. The zero-order chi connectivity index (χ0) is 22.8. The fraction of sp³-hybridized carbons (Fsp3) is 0.115. The molecule has 32 heavy (non-hydrogen) atoms.